The van der Waals surface area contributed by atoms with Crippen LogP contribution in [0.5, 0.6) is 0 Å². The van der Waals surface area contributed by atoms with E-state index in [1.807, 2.05) is 0 Å². The van der Waals surface area contributed by atoms with Crippen LogP contribution in [-0.4, -0.2) is 0 Å². The van der Waals surface area contributed by atoms with Gasteiger partial charge in [-0.25, -0.2) is 0 Å². The van der Waals surface area contributed by atoms with Crippen molar-refractivity contribution < 1.29 is 0 Å². The Morgan fingerprint density at radius 3 is 1.72 bits per heavy atom. The minimum Gasteiger partial charge on any atom is -0.363 e. The molecule has 0 heterocycles. The third-order valence-corrected chi connectivity index (χ3v) is 13.9. The van der Waals surface area contributed by atoms with Gasteiger partial charge in [0.05, 0.1) is 5.41 Å². The molecule has 8 aromatic carbocycles. The standard InChI is InChI=1S/C56H43N/c1-55(2)49-23-10-6-21-46(49)47-33-42(28-29-50(47)55)57(35-41-17-13-16-40-31-37-14-3-5-18-43(37)54(40)41)34-36-26-27-39-32-38-15-4-9-22-48(38)56(53(39)30-36)51-24-11-7-19-44(51)45-20-8-12-25-52(45)56/h3-30,33H,31-32,34-35H2,1-2H3. The fraction of sp³-hybridized carbons (Fsp3) is 0.143. The Labute approximate surface area is 335 Å². The van der Waals surface area contributed by atoms with E-state index in [4.69, 9.17) is 0 Å². The normalized spacial score (nSPS) is 15.1. The maximum absolute atomic E-state index is 2.65. The molecule has 0 bridgehead atoms. The van der Waals surface area contributed by atoms with E-state index in [2.05, 4.69) is 195 Å². The van der Waals surface area contributed by atoms with E-state index >= 15 is 0 Å². The Morgan fingerprint density at radius 2 is 0.965 bits per heavy atom. The Bertz CT molecular complexity index is 2920. The first-order chi connectivity index (χ1) is 28.0. The SMILES string of the molecule is CC1(C)c2ccccc2-c2cc(N(Cc3ccc4c(c3)C3(c5ccccc5C4)c4ccccc4-c4ccccc43)Cc3cccc4c3-c3ccccc3C4)ccc21. The molecule has 0 aromatic heterocycles. The zero-order chi connectivity index (χ0) is 37.9. The average Bonchev–Trinajstić information content (AvgIpc) is 3.86. The highest BCUT2D eigenvalue weighted by Gasteiger charge is 2.49. The van der Waals surface area contributed by atoms with Gasteiger partial charge in [0.1, 0.15) is 0 Å². The van der Waals surface area contributed by atoms with Crippen molar-refractivity contribution >= 4 is 5.69 Å². The Hall–Kier alpha value is -6.44. The number of benzene rings is 8. The molecular formula is C56H43N. The molecule has 0 atom stereocenters. The van der Waals surface area contributed by atoms with Gasteiger partial charge in [0.15, 0.2) is 0 Å². The van der Waals surface area contributed by atoms with Gasteiger partial charge in [-0.1, -0.05) is 178 Å². The van der Waals surface area contributed by atoms with Crippen molar-refractivity contribution in [1.29, 1.82) is 0 Å². The highest BCUT2D eigenvalue weighted by molar-refractivity contribution is 5.88. The topological polar surface area (TPSA) is 3.24 Å². The molecule has 12 rings (SSSR count). The van der Waals surface area contributed by atoms with E-state index in [0.29, 0.717) is 0 Å². The van der Waals surface area contributed by atoms with Crippen LogP contribution in [0.2, 0.25) is 0 Å². The molecular weight excluding hydrogens is 687 g/mol. The van der Waals surface area contributed by atoms with Crippen molar-refractivity contribution in [3.8, 4) is 33.4 Å². The Balaban J connectivity index is 1.04. The van der Waals surface area contributed by atoms with Crippen LogP contribution in [0.15, 0.2) is 176 Å². The minimum absolute atomic E-state index is 0.0315. The zero-order valence-electron chi connectivity index (χ0n) is 32.5. The van der Waals surface area contributed by atoms with Crippen molar-refractivity contribution in [1.82, 2.24) is 0 Å². The molecule has 0 saturated carbocycles. The number of nitrogens with zero attached hydrogens (tertiary/aromatic N) is 1. The molecule has 272 valence electrons. The summed E-state index contributed by atoms with van der Waals surface area (Å²) in [6.07, 6.45) is 1.94. The van der Waals surface area contributed by atoms with Crippen LogP contribution in [0.1, 0.15) is 80.6 Å². The first-order valence-corrected chi connectivity index (χ1v) is 20.6. The fourth-order valence-electron chi connectivity index (χ4n) is 11.4. The van der Waals surface area contributed by atoms with Gasteiger partial charge in [-0.2, -0.15) is 0 Å². The lowest BCUT2D eigenvalue weighted by atomic mass is 9.61. The summed E-state index contributed by atoms with van der Waals surface area (Å²) in [7, 11) is 0. The van der Waals surface area contributed by atoms with Gasteiger partial charge in [-0.15, -0.1) is 0 Å². The molecule has 57 heavy (non-hydrogen) atoms. The van der Waals surface area contributed by atoms with Crippen LogP contribution in [0.25, 0.3) is 33.4 Å². The average molecular weight is 730 g/mol. The van der Waals surface area contributed by atoms with Crippen LogP contribution in [-0.2, 0) is 36.8 Å². The predicted molar refractivity (Wildman–Crippen MR) is 235 cm³/mol. The van der Waals surface area contributed by atoms with Gasteiger partial charge in [0.25, 0.3) is 0 Å². The van der Waals surface area contributed by atoms with Crippen molar-refractivity contribution in [2.45, 2.75) is 50.6 Å². The smallest absolute Gasteiger partial charge is 0.0719 e. The van der Waals surface area contributed by atoms with Crippen LogP contribution in [0.4, 0.5) is 5.69 Å². The minimum atomic E-state index is -0.370. The largest absolute Gasteiger partial charge is 0.363 e. The Kier molecular flexibility index (Phi) is 6.92. The summed E-state index contributed by atoms with van der Waals surface area (Å²) in [6, 6.07) is 67.2. The monoisotopic (exact) mass is 729 g/mol. The first-order valence-electron chi connectivity index (χ1n) is 20.6. The molecule has 0 N–H and O–H groups in total. The summed E-state index contributed by atoms with van der Waals surface area (Å²) < 4.78 is 0. The lowest BCUT2D eigenvalue weighted by molar-refractivity contribution is 0.660. The second-order valence-corrected chi connectivity index (χ2v) is 17.2. The predicted octanol–water partition coefficient (Wildman–Crippen LogP) is 13.0. The Morgan fingerprint density at radius 1 is 0.404 bits per heavy atom. The molecule has 4 aliphatic rings. The molecule has 1 nitrogen and oxygen atoms in total. The van der Waals surface area contributed by atoms with Crippen LogP contribution in [0, 0.1) is 0 Å². The fourth-order valence-corrected chi connectivity index (χ4v) is 11.4. The summed E-state index contributed by atoms with van der Waals surface area (Å²) in [6.45, 7) is 6.36. The molecule has 1 spiro atoms. The van der Waals surface area contributed by atoms with Gasteiger partial charge in [-0.3, -0.25) is 0 Å². The summed E-state index contributed by atoms with van der Waals surface area (Å²) in [5, 5.41) is 0. The molecule has 1 heteroatoms. The summed E-state index contributed by atoms with van der Waals surface area (Å²) >= 11 is 0. The van der Waals surface area contributed by atoms with Crippen LogP contribution >= 0.6 is 0 Å². The maximum Gasteiger partial charge on any atom is 0.0719 e. The van der Waals surface area contributed by atoms with Gasteiger partial charge < -0.3 is 4.90 Å². The quantitative estimate of drug-likeness (QED) is 0.170. The van der Waals surface area contributed by atoms with Crippen molar-refractivity contribution in [3.63, 3.8) is 0 Å². The molecule has 0 fully saturated rings. The molecule has 0 saturated heterocycles. The molecule has 0 aliphatic heterocycles. The molecule has 0 amide bonds. The molecule has 0 radical (unpaired) electrons. The summed E-state index contributed by atoms with van der Waals surface area (Å²) in [5.41, 5.74) is 26.0. The summed E-state index contributed by atoms with van der Waals surface area (Å²) in [5.74, 6) is 0. The maximum atomic E-state index is 2.65. The lowest BCUT2D eigenvalue weighted by Crippen LogP contribution is -2.34. The van der Waals surface area contributed by atoms with E-state index < -0.39 is 0 Å². The number of rotatable bonds is 5. The summed E-state index contributed by atoms with van der Waals surface area (Å²) in [4.78, 5) is 2.65. The number of hydrogen-bond donors (Lipinski definition) is 0. The van der Waals surface area contributed by atoms with Crippen LogP contribution < -0.4 is 4.90 Å². The van der Waals surface area contributed by atoms with Crippen molar-refractivity contribution in [3.05, 3.63) is 243 Å². The highest BCUT2D eigenvalue weighted by atomic mass is 15.1. The second-order valence-electron chi connectivity index (χ2n) is 17.2. The van der Waals surface area contributed by atoms with Gasteiger partial charge in [0, 0.05) is 24.2 Å². The third-order valence-electron chi connectivity index (χ3n) is 13.9. The van der Waals surface area contributed by atoms with E-state index in [0.717, 1.165) is 25.9 Å². The van der Waals surface area contributed by atoms with E-state index in [1.165, 1.54) is 106 Å². The molecule has 0 unspecified atom stereocenters. The number of hydrogen-bond acceptors (Lipinski definition) is 1. The lowest BCUT2D eigenvalue weighted by Gasteiger charge is -2.40. The zero-order valence-corrected chi connectivity index (χ0v) is 32.5. The highest BCUT2D eigenvalue weighted by Crippen LogP contribution is 2.59. The third kappa shape index (κ3) is 4.57. The van der Waals surface area contributed by atoms with Gasteiger partial charge in [-0.05, 0) is 125 Å². The van der Waals surface area contributed by atoms with Gasteiger partial charge >= 0.3 is 0 Å². The molecule has 4 aliphatic carbocycles. The van der Waals surface area contributed by atoms with Gasteiger partial charge in [0.2, 0.25) is 0 Å². The second kappa shape index (κ2) is 12.0. The van der Waals surface area contributed by atoms with E-state index in [-0.39, 0.29) is 10.8 Å². The van der Waals surface area contributed by atoms with E-state index in [9.17, 15) is 0 Å². The molecule has 8 aromatic rings. The van der Waals surface area contributed by atoms with Crippen LogP contribution in [0.3, 0.4) is 0 Å². The number of fused-ring (bicyclic) bond motifs is 15. The van der Waals surface area contributed by atoms with Crippen molar-refractivity contribution in [2.75, 3.05) is 4.90 Å². The van der Waals surface area contributed by atoms with Crippen molar-refractivity contribution in [2.24, 2.45) is 0 Å². The number of anilines is 1. The first kappa shape index (κ1) is 32.8. The van der Waals surface area contributed by atoms with E-state index in [1.54, 1.807) is 0 Å².